The maximum atomic E-state index is 13.0. The minimum Gasteiger partial charge on any atom is -0.282 e. The fourth-order valence-corrected chi connectivity index (χ4v) is 2.61. The van der Waals surface area contributed by atoms with Crippen LogP contribution < -0.4 is 10.9 Å². The SMILES string of the molecule is O=S(=O)(O)c1ccc(S(=O)(=O)O)c(NN2N=CC=C(F)N2)c1. The summed E-state index contributed by atoms with van der Waals surface area (Å²) < 4.78 is 75.8. The number of hydrazine groups is 2. The third-order valence-corrected chi connectivity index (χ3v) is 4.13. The van der Waals surface area contributed by atoms with Crippen LogP contribution in [0.1, 0.15) is 0 Å². The van der Waals surface area contributed by atoms with E-state index in [1.165, 1.54) is 0 Å². The number of anilines is 1. The second-order valence-electron chi connectivity index (χ2n) is 3.92. The van der Waals surface area contributed by atoms with Crippen molar-refractivity contribution >= 4 is 32.1 Å². The topological polar surface area (TPSA) is 148 Å². The van der Waals surface area contributed by atoms with Crippen LogP contribution in [0.3, 0.4) is 0 Å². The molecule has 13 heteroatoms. The van der Waals surface area contributed by atoms with E-state index in [2.05, 4.69) is 10.5 Å². The number of rotatable bonds is 4. The molecule has 1 aromatic rings. The average Bonchev–Trinajstić information content (AvgIpc) is 2.36. The zero-order chi connectivity index (χ0) is 16.5. The van der Waals surface area contributed by atoms with Crippen molar-refractivity contribution in [3.05, 3.63) is 30.2 Å². The lowest BCUT2D eigenvalue weighted by Crippen LogP contribution is -2.38. The fourth-order valence-electron chi connectivity index (χ4n) is 1.49. The molecule has 0 amide bonds. The van der Waals surface area contributed by atoms with Gasteiger partial charge in [-0.1, -0.05) is 0 Å². The highest BCUT2D eigenvalue weighted by atomic mass is 32.2. The first-order valence-electron chi connectivity index (χ1n) is 5.39. The Kier molecular flexibility index (Phi) is 4.06. The summed E-state index contributed by atoms with van der Waals surface area (Å²) in [4.78, 5) is -1.34. The molecule has 0 atom stereocenters. The van der Waals surface area contributed by atoms with Crippen molar-refractivity contribution in [3.63, 3.8) is 0 Å². The van der Waals surface area contributed by atoms with Crippen LogP contribution in [0.2, 0.25) is 0 Å². The van der Waals surface area contributed by atoms with Gasteiger partial charge >= 0.3 is 0 Å². The summed E-state index contributed by atoms with van der Waals surface area (Å²) in [6.07, 6.45) is 2.00. The van der Waals surface area contributed by atoms with Crippen LogP contribution >= 0.6 is 0 Å². The predicted molar refractivity (Wildman–Crippen MR) is 72.4 cm³/mol. The largest absolute Gasteiger partial charge is 0.296 e. The highest BCUT2D eigenvalue weighted by molar-refractivity contribution is 7.86. The van der Waals surface area contributed by atoms with Crippen LogP contribution in [-0.2, 0) is 20.2 Å². The van der Waals surface area contributed by atoms with Gasteiger partial charge in [-0.25, -0.2) is 5.43 Å². The normalized spacial score (nSPS) is 15.2. The summed E-state index contributed by atoms with van der Waals surface area (Å²) in [7, 11) is -9.33. The summed E-state index contributed by atoms with van der Waals surface area (Å²) in [5.41, 5.74) is 3.80. The first-order chi connectivity index (χ1) is 10.1. The zero-order valence-corrected chi connectivity index (χ0v) is 12.1. The number of nitrogens with one attached hydrogen (secondary N) is 2. The second kappa shape index (κ2) is 5.53. The van der Waals surface area contributed by atoms with Gasteiger partial charge in [-0.3, -0.25) is 14.5 Å². The Morgan fingerprint density at radius 1 is 1.18 bits per heavy atom. The first-order valence-corrected chi connectivity index (χ1v) is 8.27. The average molecular weight is 352 g/mol. The van der Waals surface area contributed by atoms with Crippen LogP contribution in [0, 0.1) is 0 Å². The molecule has 0 radical (unpaired) electrons. The summed E-state index contributed by atoms with van der Waals surface area (Å²) in [5, 5.41) is 4.20. The fraction of sp³-hybridized carbons (Fsp3) is 0. The van der Waals surface area contributed by atoms with Gasteiger partial charge < -0.3 is 0 Å². The molecule has 2 rings (SSSR count). The van der Waals surface area contributed by atoms with Gasteiger partial charge in [0.25, 0.3) is 20.2 Å². The third-order valence-electron chi connectivity index (χ3n) is 2.37. The molecule has 22 heavy (non-hydrogen) atoms. The number of nitrogens with zero attached hydrogens (tertiary/aromatic N) is 2. The molecule has 0 bridgehead atoms. The Morgan fingerprint density at radius 3 is 2.41 bits per heavy atom. The smallest absolute Gasteiger partial charge is 0.282 e. The zero-order valence-electron chi connectivity index (χ0n) is 10.5. The van der Waals surface area contributed by atoms with Crippen LogP contribution in [-0.4, -0.2) is 37.4 Å². The number of hydrogen-bond donors (Lipinski definition) is 4. The first kappa shape index (κ1) is 16.2. The quantitative estimate of drug-likeness (QED) is 0.438. The van der Waals surface area contributed by atoms with Crippen molar-refractivity contribution < 1.29 is 30.3 Å². The molecule has 1 aromatic carbocycles. The molecular formula is C9H9FN4O6S2. The lowest BCUT2D eigenvalue weighted by Gasteiger charge is -2.23. The van der Waals surface area contributed by atoms with E-state index in [4.69, 9.17) is 9.11 Å². The number of allylic oxidation sites excluding steroid dienone is 1. The highest BCUT2D eigenvalue weighted by Crippen LogP contribution is 2.25. The number of hydrogen-bond acceptors (Lipinski definition) is 8. The lowest BCUT2D eigenvalue weighted by molar-refractivity contribution is 0.238. The molecule has 1 heterocycles. The number of hydrazone groups is 1. The Morgan fingerprint density at radius 2 is 1.86 bits per heavy atom. The van der Waals surface area contributed by atoms with Crippen molar-refractivity contribution in [1.82, 2.24) is 10.7 Å². The monoisotopic (exact) mass is 352 g/mol. The molecule has 0 aromatic heterocycles. The van der Waals surface area contributed by atoms with E-state index >= 15 is 0 Å². The number of benzene rings is 1. The van der Waals surface area contributed by atoms with E-state index < -0.39 is 41.7 Å². The molecule has 1 aliphatic heterocycles. The summed E-state index contributed by atoms with van der Waals surface area (Å²) >= 11 is 0. The molecule has 0 spiro atoms. The standard InChI is InChI=1S/C9H9FN4O6S2/c10-9-3-4-11-14(13-9)12-7-5-6(21(15,16)17)1-2-8(7)22(18,19)20/h1-5,12-13H,(H,15,16,17)(H,18,19,20). The van der Waals surface area contributed by atoms with E-state index in [0.717, 1.165) is 30.5 Å². The van der Waals surface area contributed by atoms with Gasteiger partial charge in [0.05, 0.1) is 16.8 Å². The predicted octanol–water partition coefficient (Wildman–Crippen LogP) is 0.124. The van der Waals surface area contributed by atoms with Crippen molar-refractivity contribution in [3.8, 4) is 0 Å². The molecule has 1 aliphatic rings. The summed E-state index contributed by atoms with van der Waals surface area (Å²) in [5.74, 6) is -0.832. The van der Waals surface area contributed by atoms with E-state index in [1.54, 1.807) is 0 Å². The van der Waals surface area contributed by atoms with Gasteiger partial charge in [0, 0.05) is 6.08 Å². The number of halogens is 1. The Labute approximate surface area is 124 Å². The van der Waals surface area contributed by atoms with Crippen LogP contribution in [0.5, 0.6) is 0 Å². The minimum absolute atomic E-state index is 0.461. The van der Waals surface area contributed by atoms with Gasteiger partial charge in [0.2, 0.25) is 5.95 Å². The summed E-state index contributed by atoms with van der Waals surface area (Å²) in [6.45, 7) is 0. The molecule has 120 valence electrons. The Hall–Kier alpha value is -2.22. The molecule has 0 saturated carbocycles. The molecular weight excluding hydrogens is 343 g/mol. The lowest BCUT2D eigenvalue weighted by atomic mass is 10.3. The van der Waals surface area contributed by atoms with Gasteiger partial charge in [-0.15, -0.1) is 10.3 Å². The molecule has 0 unspecified atom stereocenters. The van der Waals surface area contributed by atoms with Crippen molar-refractivity contribution in [2.45, 2.75) is 9.79 Å². The molecule has 0 saturated heterocycles. The van der Waals surface area contributed by atoms with Crippen LogP contribution in [0.25, 0.3) is 0 Å². The van der Waals surface area contributed by atoms with Crippen LogP contribution in [0.4, 0.5) is 10.1 Å². The van der Waals surface area contributed by atoms with Gasteiger partial charge in [0.15, 0.2) is 0 Å². The molecule has 0 aliphatic carbocycles. The van der Waals surface area contributed by atoms with E-state index in [9.17, 15) is 21.2 Å². The molecule has 4 N–H and O–H groups in total. The molecule has 10 nitrogen and oxygen atoms in total. The Bertz CT molecular complexity index is 864. The van der Waals surface area contributed by atoms with Gasteiger partial charge in [0.1, 0.15) is 4.90 Å². The molecule has 0 fully saturated rings. The second-order valence-corrected chi connectivity index (χ2v) is 6.73. The maximum Gasteiger partial charge on any atom is 0.296 e. The third kappa shape index (κ3) is 3.70. The van der Waals surface area contributed by atoms with Crippen LogP contribution in [0.15, 0.2) is 45.1 Å². The van der Waals surface area contributed by atoms with Crippen molar-refractivity contribution in [2.75, 3.05) is 5.43 Å². The summed E-state index contributed by atoms with van der Waals surface area (Å²) in [6, 6.07) is 2.25. The van der Waals surface area contributed by atoms with E-state index in [-0.39, 0.29) is 0 Å². The highest BCUT2D eigenvalue weighted by Gasteiger charge is 2.21. The van der Waals surface area contributed by atoms with E-state index in [1.807, 2.05) is 5.43 Å². The van der Waals surface area contributed by atoms with Gasteiger partial charge in [-0.2, -0.15) is 21.2 Å². The van der Waals surface area contributed by atoms with Crippen molar-refractivity contribution in [1.29, 1.82) is 0 Å². The minimum atomic E-state index is -4.71. The van der Waals surface area contributed by atoms with Crippen molar-refractivity contribution in [2.24, 2.45) is 5.10 Å². The van der Waals surface area contributed by atoms with Gasteiger partial charge in [-0.05, 0) is 18.2 Å². The van der Waals surface area contributed by atoms with E-state index in [0.29, 0.717) is 5.23 Å². The Balaban J connectivity index is 2.47. The maximum absolute atomic E-state index is 13.0.